The van der Waals surface area contributed by atoms with E-state index in [1.165, 1.54) is 5.56 Å². The second-order valence-corrected chi connectivity index (χ2v) is 5.86. The van der Waals surface area contributed by atoms with Crippen LogP contribution in [0.5, 0.6) is 0 Å². The van der Waals surface area contributed by atoms with Gasteiger partial charge in [0.1, 0.15) is 0 Å². The fourth-order valence-electron chi connectivity index (χ4n) is 2.15. The van der Waals surface area contributed by atoms with Crippen molar-refractivity contribution in [1.82, 2.24) is 0 Å². The number of rotatable bonds is 7. The van der Waals surface area contributed by atoms with Crippen molar-refractivity contribution in [3.05, 3.63) is 35.4 Å². The van der Waals surface area contributed by atoms with E-state index >= 15 is 0 Å². The van der Waals surface area contributed by atoms with Crippen LogP contribution in [-0.4, -0.2) is 17.9 Å². The van der Waals surface area contributed by atoms with E-state index in [1.54, 1.807) is 0 Å². The quantitative estimate of drug-likeness (QED) is 0.422. The number of halogens is 1. The maximum absolute atomic E-state index is 12.3. The van der Waals surface area contributed by atoms with E-state index in [9.17, 15) is 4.79 Å². The molecule has 2 nitrogen and oxygen atoms in total. The number of hydrogen-bond donors (Lipinski definition) is 0. The molecule has 0 heterocycles. The van der Waals surface area contributed by atoms with Gasteiger partial charge in [-0.2, -0.15) is 0 Å². The normalized spacial score (nSPS) is 13.9. The average molecular weight is 327 g/mol. The fourth-order valence-corrected chi connectivity index (χ4v) is 2.55. The second-order valence-electron chi connectivity index (χ2n) is 5.06. The molecule has 19 heavy (non-hydrogen) atoms. The molecule has 0 aliphatic rings. The highest BCUT2D eigenvalue weighted by atomic mass is 79.9. The summed E-state index contributed by atoms with van der Waals surface area (Å²) in [4.78, 5) is 12.3. The second kappa shape index (κ2) is 7.68. The number of aryl methyl sites for hydroxylation is 1. The summed E-state index contributed by atoms with van der Waals surface area (Å²) in [6.07, 6.45) is 2.90. The molecule has 1 aromatic rings. The number of ether oxygens (including phenoxy) is 1. The highest BCUT2D eigenvalue weighted by Gasteiger charge is 2.35. The molecule has 0 radical (unpaired) electrons. The van der Waals surface area contributed by atoms with Gasteiger partial charge in [-0.25, -0.2) is 0 Å². The molecule has 0 spiro atoms. The molecule has 0 aromatic heterocycles. The van der Waals surface area contributed by atoms with Gasteiger partial charge in [-0.3, -0.25) is 4.79 Å². The number of alkyl halides is 1. The Labute approximate surface area is 124 Å². The molecule has 0 amide bonds. The van der Waals surface area contributed by atoms with Crippen molar-refractivity contribution < 1.29 is 9.53 Å². The van der Waals surface area contributed by atoms with E-state index < -0.39 is 5.41 Å². The molecular weight excluding hydrogens is 304 g/mol. The summed E-state index contributed by atoms with van der Waals surface area (Å²) in [6.45, 7) is 6.32. The van der Waals surface area contributed by atoms with Crippen molar-refractivity contribution in [3.63, 3.8) is 0 Å². The van der Waals surface area contributed by atoms with Crippen LogP contribution < -0.4 is 0 Å². The Hall–Kier alpha value is -0.830. The molecule has 0 aliphatic carbocycles. The van der Waals surface area contributed by atoms with E-state index in [1.807, 2.05) is 26.0 Å². The average Bonchev–Trinajstić information content (AvgIpc) is 2.39. The molecular formula is C16H23BrO2. The first-order valence-corrected chi connectivity index (χ1v) is 7.97. The summed E-state index contributed by atoms with van der Waals surface area (Å²) in [5, 5.41) is 0.972. The van der Waals surface area contributed by atoms with Gasteiger partial charge < -0.3 is 4.74 Å². The van der Waals surface area contributed by atoms with Crippen LogP contribution in [0.4, 0.5) is 0 Å². The van der Waals surface area contributed by atoms with Crippen LogP contribution in [0.3, 0.4) is 0 Å². The lowest BCUT2D eigenvalue weighted by atomic mass is 9.78. The zero-order chi connectivity index (χ0) is 14.3. The van der Waals surface area contributed by atoms with Crippen molar-refractivity contribution >= 4 is 21.9 Å². The number of carbonyl (C=O) groups excluding carboxylic acids is 1. The highest BCUT2D eigenvalue weighted by molar-refractivity contribution is 9.09. The third-order valence-electron chi connectivity index (χ3n) is 3.48. The summed E-state index contributed by atoms with van der Waals surface area (Å²) in [7, 11) is 0. The monoisotopic (exact) mass is 326 g/mol. The van der Waals surface area contributed by atoms with Crippen molar-refractivity contribution in [2.75, 3.05) is 11.9 Å². The fraction of sp³-hybridized carbons (Fsp3) is 0.562. The van der Waals surface area contributed by atoms with Gasteiger partial charge in [0.15, 0.2) is 0 Å². The molecule has 0 bridgehead atoms. The Balaban J connectivity index is 2.96. The predicted octanol–water partition coefficient (Wildman–Crippen LogP) is 4.38. The van der Waals surface area contributed by atoms with E-state index in [0.29, 0.717) is 6.61 Å². The summed E-state index contributed by atoms with van der Waals surface area (Å²) >= 11 is 3.43. The van der Waals surface area contributed by atoms with Crippen LogP contribution in [-0.2, 0) is 14.9 Å². The van der Waals surface area contributed by atoms with E-state index in [0.717, 1.165) is 30.2 Å². The standard InChI is InChI=1S/C16H23BrO2/c1-4-19-15(18)16(3,11-5-6-12-17)14-9-7-13(2)8-10-14/h7-10H,4-6,11-12H2,1-3H3. The summed E-state index contributed by atoms with van der Waals surface area (Å²) in [6, 6.07) is 8.19. The number of hydrogen-bond acceptors (Lipinski definition) is 2. The molecule has 1 aromatic carbocycles. The lowest BCUT2D eigenvalue weighted by Gasteiger charge is -2.28. The van der Waals surface area contributed by atoms with Gasteiger partial charge in [-0.1, -0.05) is 52.2 Å². The van der Waals surface area contributed by atoms with Crippen LogP contribution in [0.1, 0.15) is 44.2 Å². The zero-order valence-electron chi connectivity index (χ0n) is 12.0. The number of esters is 1. The lowest BCUT2D eigenvalue weighted by molar-refractivity contribution is -0.149. The molecule has 1 unspecified atom stereocenters. The molecule has 3 heteroatoms. The van der Waals surface area contributed by atoms with E-state index in [4.69, 9.17) is 4.74 Å². The SMILES string of the molecule is CCOC(=O)C(C)(CCCCBr)c1ccc(C)cc1. The molecule has 0 saturated carbocycles. The minimum absolute atomic E-state index is 0.117. The van der Waals surface area contributed by atoms with Gasteiger partial charge in [0.25, 0.3) is 0 Å². The largest absolute Gasteiger partial charge is 0.465 e. The third kappa shape index (κ3) is 4.34. The Morgan fingerprint density at radius 3 is 2.42 bits per heavy atom. The molecule has 0 saturated heterocycles. The van der Waals surface area contributed by atoms with Gasteiger partial charge in [0.05, 0.1) is 12.0 Å². The maximum atomic E-state index is 12.3. The first kappa shape index (κ1) is 16.2. The molecule has 106 valence electrons. The van der Waals surface area contributed by atoms with E-state index in [-0.39, 0.29) is 5.97 Å². The van der Waals surface area contributed by atoms with Crippen molar-refractivity contribution in [3.8, 4) is 0 Å². The number of unbranched alkanes of at least 4 members (excludes halogenated alkanes) is 1. The molecule has 0 aliphatic heterocycles. The summed E-state index contributed by atoms with van der Waals surface area (Å²) < 4.78 is 5.27. The minimum Gasteiger partial charge on any atom is -0.465 e. The van der Waals surface area contributed by atoms with Crippen molar-refractivity contribution in [2.24, 2.45) is 0 Å². The Morgan fingerprint density at radius 1 is 1.26 bits per heavy atom. The van der Waals surface area contributed by atoms with Gasteiger partial charge in [0, 0.05) is 5.33 Å². The van der Waals surface area contributed by atoms with Crippen LogP contribution in [0.15, 0.2) is 24.3 Å². The zero-order valence-corrected chi connectivity index (χ0v) is 13.6. The van der Waals surface area contributed by atoms with Crippen LogP contribution in [0, 0.1) is 6.92 Å². The first-order chi connectivity index (χ1) is 9.04. The molecule has 0 N–H and O–H groups in total. The smallest absolute Gasteiger partial charge is 0.316 e. The van der Waals surface area contributed by atoms with Crippen LogP contribution >= 0.6 is 15.9 Å². The lowest BCUT2D eigenvalue weighted by Crippen LogP contribution is -2.34. The summed E-state index contributed by atoms with van der Waals surface area (Å²) in [5.41, 5.74) is 1.72. The number of carbonyl (C=O) groups is 1. The third-order valence-corrected chi connectivity index (χ3v) is 4.04. The Bertz CT molecular complexity index is 400. The number of benzene rings is 1. The molecule has 1 atom stereocenters. The van der Waals surface area contributed by atoms with Crippen molar-refractivity contribution in [2.45, 2.75) is 45.4 Å². The molecule has 1 rings (SSSR count). The summed E-state index contributed by atoms with van der Waals surface area (Å²) in [5.74, 6) is -0.117. The topological polar surface area (TPSA) is 26.3 Å². The highest BCUT2D eigenvalue weighted by Crippen LogP contribution is 2.31. The maximum Gasteiger partial charge on any atom is 0.316 e. The van der Waals surface area contributed by atoms with Gasteiger partial charge in [-0.15, -0.1) is 0 Å². The van der Waals surface area contributed by atoms with Gasteiger partial charge >= 0.3 is 5.97 Å². The van der Waals surface area contributed by atoms with Gasteiger partial charge in [-0.05, 0) is 39.2 Å². The van der Waals surface area contributed by atoms with Gasteiger partial charge in [0.2, 0.25) is 0 Å². The predicted molar refractivity (Wildman–Crippen MR) is 82.8 cm³/mol. The first-order valence-electron chi connectivity index (χ1n) is 6.85. The van der Waals surface area contributed by atoms with E-state index in [2.05, 4.69) is 35.0 Å². The Morgan fingerprint density at radius 2 is 1.89 bits per heavy atom. The minimum atomic E-state index is -0.536. The Kier molecular flexibility index (Phi) is 6.56. The van der Waals surface area contributed by atoms with Crippen LogP contribution in [0.25, 0.3) is 0 Å². The van der Waals surface area contributed by atoms with Crippen molar-refractivity contribution in [1.29, 1.82) is 0 Å². The molecule has 0 fully saturated rings. The van der Waals surface area contributed by atoms with Crippen LogP contribution in [0.2, 0.25) is 0 Å².